The van der Waals surface area contributed by atoms with Gasteiger partial charge in [-0.1, -0.05) is 84.9 Å². The van der Waals surface area contributed by atoms with Gasteiger partial charge in [-0.2, -0.15) is 0 Å². The SMILES string of the molecule is O=C1C(=O)N(Cc2ccc(C(=O)O)cc2)C(c2ccccc2)/C1=C(/O)c1cccc2ccccc12. The van der Waals surface area contributed by atoms with Crippen molar-refractivity contribution in [3.8, 4) is 0 Å². The van der Waals surface area contributed by atoms with Crippen molar-refractivity contribution >= 4 is 34.2 Å². The molecule has 0 aliphatic carbocycles. The number of carboxylic acids is 1. The number of fused-ring (bicyclic) bond motifs is 1. The Morgan fingerprint density at radius 1 is 0.771 bits per heavy atom. The summed E-state index contributed by atoms with van der Waals surface area (Å²) in [5.41, 5.74) is 2.00. The van der Waals surface area contributed by atoms with Crippen molar-refractivity contribution < 1.29 is 24.6 Å². The number of Topliss-reactive ketones (excluding diaryl/α,β-unsaturated/α-hetero) is 1. The molecule has 0 saturated carbocycles. The number of aromatic carboxylic acids is 1. The predicted octanol–water partition coefficient (Wildman–Crippen LogP) is 5.16. The second-order valence-electron chi connectivity index (χ2n) is 8.37. The van der Waals surface area contributed by atoms with Crippen molar-refractivity contribution in [2.24, 2.45) is 0 Å². The Balaban J connectivity index is 1.65. The molecule has 1 aliphatic heterocycles. The largest absolute Gasteiger partial charge is 0.507 e. The molecule has 0 bridgehead atoms. The van der Waals surface area contributed by atoms with Crippen molar-refractivity contribution in [3.05, 3.63) is 125 Å². The molecule has 5 rings (SSSR count). The van der Waals surface area contributed by atoms with E-state index in [9.17, 15) is 19.5 Å². The summed E-state index contributed by atoms with van der Waals surface area (Å²) in [6, 6.07) is 27.4. The van der Waals surface area contributed by atoms with Gasteiger partial charge in [0, 0.05) is 12.1 Å². The molecule has 2 N–H and O–H groups in total. The topological polar surface area (TPSA) is 94.9 Å². The third-order valence-electron chi connectivity index (χ3n) is 6.25. The van der Waals surface area contributed by atoms with Crippen LogP contribution in [0.2, 0.25) is 0 Å². The lowest BCUT2D eigenvalue weighted by Crippen LogP contribution is -2.29. The van der Waals surface area contributed by atoms with Gasteiger partial charge >= 0.3 is 5.97 Å². The zero-order valence-corrected chi connectivity index (χ0v) is 18.6. The fraction of sp³-hybridized carbons (Fsp3) is 0.0690. The fourth-order valence-electron chi connectivity index (χ4n) is 4.55. The first-order valence-corrected chi connectivity index (χ1v) is 11.1. The number of hydrogen-bond donors (Lipinski definition) is 2. The summed E-state index contributed by atoms with van der Waals surface area (Å²) < 4.78 is 0. The van der Waals surface area contributed by atoms with E-state index in [0.717, 1.165) is 10.8 Å². The summed E-state index contributed by atoms with van der Waals surface area (Å²) in [7, 11) is 0. The number of amides is 1. The minimum absolute atomic E-state index is 0.0275. The first-order valence-electron chi connectivity index (χ1n) is 11.1. The van der Waals surface area contributed by atoms with Crippen LogP contribution < -0.4 is 0 Å². The second-order valence-corrected chi connectivity index (χ2v) is 8.37. The molecule has 0 radical (unpaired) electrons. The predicted molar refractivity (Wildman–Crippen MR) is 132 cm³/mol. The molecule has 4 aromatic carbocycles. The number of carboxylic acid groups (broad SMARTS) is 1. The lowest BCUT2D eigenvalue weighted by molar-refractivity contribution is -0.140. The van der Waals surface area contributed by atoms with Crippen molar-refractivity contribution in [1.29, 1.82) is 0 Å². The van der Waals surface area contributed by atoms with Crippen LogP contribution in [0.25, 0.3) is 16.5 Å². The number of carbonyl (C=O) groups is 3. The molecule has 0 aromatic heterocycles. The fourth-order valence-corrected chi connectivity index (χ4v) is 4.55. The summed E-state index contributed by atoms with van der Waals surface area (Å²) in [4.78, 5) is 39.1. The third-order valence-corrected chi connectivity index (χ3v) is 6.25. The van der Waals surface area contributed by atoms with Crippen molar-refractivity contribution in [2.45, 2.75) is 12.6 Å². The Morgan fingerprint density at radius 3 is 2.14 bits per heavy atom. The van der Waals surface area contributed by atoms with E-state index in [1.807, 2.05) is 60.7 Å². The Bertz CT molecular complexity index is 1480. The molecule has 172 valence electrons. The lowest BCUT2D eigenvalue weighted by atomic mass is 9.93. The molecule has 1 amide bonds. The Hall–Kier alpha value is -4.71. The highest BCUT2D eigenvalue weighted by Crippen LogP contribution is 2.41. The second kappa shape index (κ2) is 8.91. The van der Waals surface area contributed by atoms with Gasteiger partial charge in [-0.05, 0) is 34.0 Å². The van der Waals surface area contributed by atoms with E-state index in [1.165, 1.54) is 17.0 Å². The summed E-state index contributed by atoms with van der Waals surface area (Å²) >= 11 is 0. The highest BCUT2D eigenvalue weighted by molar-refractivity contribution is 6.46. The molecule has 35 heavy (non-hydrogen) atoms. The van der Waals surface area contributed by atoms with Crippen LogP contribution in [0.1, 0.15) is 33.1 Å². The molecule has 1 heterocycles. The number of carbonyl (C=O) groups excluding carboxylic acids is 2. The molecular formula is C29H21NO5. The van der Waals surface area contributed by atoms with E-state index in [4.69, 9.17) is 5.11 Å². The quantitative estimate of drug-likeness (QED) is 0.242. The van der Waals surface area contributed by atoms with Gasteiger partial charge in [0.15, 0.2) is 0 Å². The standard InChI is InChI=1S/C29H21NO5/c31-26(23-12-6-10-19-7-4-5-11-22(19)23)24-25(20-8-2-1-3-9-20)30(28(33)27(24)32)17-18-13-15-21(16-14-18)29(34)35/h1-16,25,31H,17H2,(H,34,35)/b26-24-. The van der Waals surface area contributed by atoms with E-state index < -0.39 is 23.7 Å². The van der Waals surface area contributed by atoms with Gasteiger partial charge in [-0.3, -0.25) is 9.59 Å². The molecule has 6 nitrogen and oxygen atoms in total. The monoisotopic (exact) mass is 463 g/mol. The van der Waals surface area contributed by atoms with E-state index in [0.29, 0.717) is 16.7 Å². The summed E-state index contributed by atoms with van der Waals surface area (Å²) in [5.74, 6) is -2.75. The van der Waals surface area contributed by atoms with Crippen molar-refractivity contribution in [3.63, 3.8) is 0 Å². The van der Waals surface area contributed by atoms with Gasteiger partial charge in [0.05, 0.1) is 17.2 Å². The lowest BCUT2D eigenvalue weighted by Gasteiger charge is -2.25. The van der Waals surface area contributed by atoms with Gasteiger partial charge in [0.1, 0.15) is 5.76 Å². The number of likely N-dealkylation sites (tertiary alicyclic amines) is 1. The van der Waals surface area contributed by atoms with Crippen LogP contribution in [0.5, 0.6) is 0 Å². The Labute approximate surface area is 201 Å². The minimum Gasteiger partial charge on any atom is -0.507 e. The Morgan fingerprint density at radius 2 is 1.43 bits per heavy atom. The maximum Gasteiger partial charge on any atom is 0.335 e. The maximum atomic E-state index is 13.3. The zero-order chi connectivity index (χ0) is 24.5. The van der Waals surface area contributed by atoms with Gasteiger partial charge in [-0.25, -0.2) is 4.79 Å². The molecular weight excluding hydrogens is 442 g/mol. The van der Waals surface area contributed by atoms with Gasteiger partial charge < -0.3 is 15.1 Å². The first-order chi connectivity index (χ1) is 17.0. The molecule has 4 aromatic rings. The minimum atomic E-state index is -1.05. The summed E-state index contributed by atoms with van der Waals surface area (Å²) in [6.07, 6.45) is 0. The van der Waals surface area contributed by atoms with E-state index in [1.54, 1.807) is 24.3 Å². The van der Waals surface area contributed by atoms with E-state index in [2.05, 4.69) is 0 Å². The molecule has 1 saturated heterocycles. The van der Waals surface area contributed by atoms with Crippen LogP contribution in [-0.4, -0.2) is 32.8 Å². The molecule has 6 heteroatoms. The van der Waals surface area contributed by atoms with Gasteiger partial charge in [0.25, 0.3) is 11.7 Å². The molecule has 1 atom stereocenters. The maximum absolute atomic E-state index is 13.3. The smallest absolute Gasteiger partial charge is 0.335 e. The van der Waals surface area contributed by atoms with Crippen LogP contribution >= 0.6 is 0 Å². The number of nitrogens with zero attached hydrogens (tertiary/aromatic N) is 1. The van der Waals surface area contributed by atoms with Crippen molar-refractivity contribution in [2.75, 3.05) is 0 Å². The van der Waals surface area contributed by atoms with Crippen LogP contribution in [0.4, 0.5) is 0 Å². The average Bonchev–Trinajstić information content (AvgIpc) is 3.13. The third kappa shape index (κ3) is 3.95. The Kier molecular flexibility index (Phi) is 5.63. The number of aliphatic hydroxyl groups is 1. The molecule has 1 unspecified atom stereocenters. The average molecular weight is 463 g/mol. The zero-order valence-electron chi connectivity index (χ0n) is 18.6. The molecule has 1 aliphatic rings. The number of ketones is 1. The van der Waals surface area contributed by atoms with Crippen LogP contribution in [0, 0.1) is 0 Å². The number of benzene rings is 4. The highest BCUT2D eigenvalue weighted by Gasteiger charge is 2.46. The molecule has 1 fully saturated rings. The normalized spacial score (nSPS) is 17.1. The van der Waals surface area contributed by atoms with Crippen molar-refractivity contribution in [1.82, 2.24) is 4.90 Å². The first kappa shape index (κ1) is 22.1. The van der Waals surface area contributed by atoms with Crippen LogP contribution in [-0.2, 0) is 16.1 Å². The number of aliphatic hydroxyl groups excluding tert-OH is 1. The summed E-state index contributed by atoms with van der Waals surface area (Å²) in [5, 5.41) is 22.3. The van der Waals surface area contributed by atoms with Crippen LogP contribution in [0.15, 0.2) is 103 Å². The number of hydrogen-bond acceptors (Lipinski definition) is 4. The number of rotatable bonds is 5. The summed E-state index contributed by atoms with van der Waals surface area (Å²) in [6.45, 7) is 0.0797. The van der Waals surface area contributed by atoms with E-state index >= 15 is 0 Å². The molecule has 0 spiro atoms. The highest BCUT2D eigenvalue weighted by atomic mass is 16.4. The van der Waals surface area contributed by atoms with Crippen LogP contribution in [0.3, 0.4) is 0 Å². The van der Waals surface area contributed by atoms with Gasteiger partial charge in [0.2, 0.25) is 0 Å². The van der Waals surface area contributed by atoms with Gasteiger partial charge in [-0.15, -0.1) is 0 Å². The van der Waals surface area contributed by atoms with E-state index in [-0.39, 0.29) is 23.4 Å².